The largest absolute Gasteiger partial charge is 0.370 e. The monoisotopic (exact) mass is 221 g/mol. The molecule has 78 valence electrons. The van der Waals surface area contributed by atoms with Crippen LogP contribution in [-0.4, -0.2) is 16.1 Å². The van der Waals surface area contributed by atoms with Crippen molar-refractivity contribution in [2.45, 2.75) is 13.1 Å². The number of pyridine rings is 1. The molecule has 1 aliphatic rings. The van der Waals surface area contributed by atoms with Gasteiger partial charge in [0.05, 0.1) is 5.69 Å². The standard InChI is InChI=1S/C9H11N5S/c1-5-3-2-4-6(11-5)7-12-8(10)14-9(15)13-7/h2-4,7H,1H3,(H4,10,12,13,14,15)/t7-/m0/s1. The Bertz CT molecular complexity index is 428. The first kappa shape index (κ1) is 9.85. The Morgan fingerprint density at radius 3 is 2.93 bits per heavy atom. The summed E-state index contributed by atoms with van der Waals surface area (Å²) < 4.78 is 0. The van der Waals surface area contributed by atoms with Gasteiger partial charge in [-0.05, 0) is 31.3 Å². The van der Waals surface area contributed by atoms with Crippen LogP contribution < -0.4 is 16.4 Å². The lowest BCUT2D eigenvalue weighted by Gasteiger charge is -2.22. The van der Waals surface area contributed by atoms with Gasteiger partial charge in [-0.15, -0.1) is 0 Å². The van der Waals surface area contributed by atoms with E-state index in [-0.39, 0.29) is 6.17 Å². The summed E-state index contributed by atoms with van der Waals surface area (Å²) in [5.74, 6) is 0.312. The molecule has 15 heavy (non-hydrogen) atoms. The molecule has 1 aromatic heterocycles. The predicted molar refractivity (Wildman–Crippen MR) is 62.2 cm³/mol. The van der Waals surface area contributed by atoms with E-state index in [2.05, 4.69) is 20.6 Å². The molecule has 4 N–H and O–H groups in total. The van der Waals surface area contributed by atoms with E-state index < -0.39 is 0 Å². The highest BCUT2D eigenvalue weighted by Gasteiger charge is 2.18. The van der Waals surface area contributed by atoms with Crippen molar-refractivity contribution in [2.75, 3.05) is 0 Å². The number of aliphatic imine (C=N–C) groups is 1. The second kappa shape index (κ2) is 3.82. The van der Waals surface area contributed by atoms with Crippen molar-refractivity contribution in [3.63, 3.8) is 0 Å². The van der Waals surface area contributed by atoms with Gasteiger partial charge in [-0.1, -0.05) is 6.07 Å². The van der Waals surface area contributed by atoms with Gasteiger partial charge in [0.15, 0.2) is 17.2 Å². The maximum Gasteiger partial charge on any atom is 0.197 e. The van der Waals surface area contributed by atoms with Crippen LogP contribution in [0.3, 0.4) is 0 Å². The van der Waals surface area contributed by atoms with Crippen LogP contribution in [-0.2, 0) is 0 Å². The molecule has 0 fully saturated rings. The average Bonchev–Trinajstić information content (AvgIpc) is 2.16. The number of thiocarbonyl (C=S) groups is 1. The third-order valence-electron chi connectivity index (χ3n) is 1.97. The van der Waals surface area contributed by atoms with Crippen molar-refractivity contribution < 1.29 is 0 Å². The minimum absolute atomic E-state index is 0.293. The van der Waals surface area contributed by atoms with Crippen LogP contribution in [0.1, 0.15) is 17.6 Å². The molecule has 0 bridgehead atoms. The fraction of sp³-hybridized carbons (Fsp3) is 0.222. The zero-order valence-corrected chi connectivity index (χ0v) is 9.01. The molecule has 0 saturated heterocycles. The van der Waals surface area contributed by atoms with E-state index in [1.54, 1.807) is 0 Å². The Morgan fingerprint density at radius 2 is 2.27 bits per heavy atom. The fourth-order valence-corrected chi connectivity index (χ4v) is 1.55. The topological polar surface area (TPSA) is 75.3 Å². The lowest BCUT2D eigenvalue weighted by Crippen LogP contribution is -2.49. The molecular formula is C9H11N5S. The van der Waals surface area contributed by atoms with E-state index in [0.717, 1.165) is 11.4 Å². The van der Waals surface area contributed by atoms with Gasteiger partial charge in [-0.3, -0.25) is 4.98 Å². The molecule has 0 radical (unpaired) electrons. The lowest BCUT2D eigenvalue weighted by atomic mass is 10.2. The molecule has 1 aliphatic heterocycles. The van der Waals surface area contributed by atoms with E-state index in [4.69, 9.17) is 18.0 Å². The summed E-state index contributed by atoms with van der Waals surface area (Å²) >= 11 is 4.98. The first-order chi connectivity index (χ1) is 7.15. The highest BCUT2D eigenvalue weighted by atomic mass is 32.1. The Kier molecular flexibility index (Phi) is 2.51. The van der Waals surface area contributed by atoms with Crippen LogP contribution in [0, 0.1) is 6.92 Å². The van der Waals surface area contributed by atoms with Gasteiger partial charge in [0, 0.05) is 5.69 Å². The molecule has 6 heteroatoms. The molecule has 1 aromatic rings. The molecule has 0 saturated carbocycles. The van der Waals surface area contributed by atoms with E-state index in [1.165, 1.54) is 0 Å². The number of nitrogens with zero attached hydrogens (tertiary/aromatic N) is 2. The number of nitrogens with two attached hydrogens (primary N) is 1. The van der Waals surface area contributed by atoms with Crippen LogP contribution in [0.5, 0.6) is 0 Å². The smallest absolute Gasteiger partial charge is 0.197 e. The normalized spacial score (nSPS) is 20.2. The minimum Gasteiger partial charge on any atom is -0.370 e. The van der Waals surface area contributed by atoms with E-state index in [9.17, 15) is 0 Å². The highest BCUT2D eigenvalue weighted by Crippen LogP contribution is 2.13. The number of guanidine groups is 1. The summed E-state index contributed by atoms with van der Waals surface area (Å²) in [6, 6.07) is 5.74. The number of rotatable bonds is 1. The van der Waals surface area contributed by atoms with E-state index in [1.807, 2.05) is 25.1 Å². The highest BCUT2D eigenvalue weighted by molar-refractivity contribution is 7.80. The molecule has 2 rings (SSSR count). The van der Waals surface area contributed by atoms with Gasteiger partial charge in [0.1, 0.15) is 0 Å². The van der Waals surface area contributed by atoms with Gasteiger partial charge in [0.25, 0.3) is 0 Å². The van der Waals surface area contributed by atoms with Gasteiger partial charge in [0.2, 0.25) is 0 Å². The zero-order chi connectivity index (χ0) is 10.8. The molecule has 5 nitrogen and oxygen atoms in total. The van der Waals surface area contributed by atoms with Crippen LogP contribution in [0.2, 0.25) is 0 Å². The number of aromatic nitrogens is 1. The van der Waals surface area contributed by atoms with Crippen molar-refractivity contribution in [1.29, 1.82) is 0 Å². The summed E-state index contributed by atoms with van der Waals surface area (Å²) in [5, 5.41) is 6.16. The maximum atomic E-state index is 5.57. The second-order valence-corrected chi connectivity index (χ2v) is 3.63. The van der Waals surface area contributed by atoms with Crippen molar-refractivity contribution in [3.8, 4) is 0 Å². The third kappa shape index (κ3) is 2.21. The molecule has 1 atom stereocenters. The maximum absolute atomic E-state index is 5.57. The Balaban J connectivity index is 2.31. The Hall–Kier alpha value is -1.69. The van der Waals surface area contributed by atoms with Crippen molar-refractivity contribution in [1.82, 2.24) is 15.6 Å². The first-order valence-corrected chi connectivity index (χ1v) is 4.90. The molecule has 0 spiro atoms. The number of hydrogen-bond acceptors (Lipinski definition) is 4. The minimum atomic E-state index is -0.293. The summed E-state index contributed by atoms with van der Waals surface area (Å²) in [6.07, 6.45) is -0.293. The van der Waals surface area contributed by atoms with Gasteiger partial charge in [-0.25, -0.2) is 4.99 Å². The Labute approximate surface area is 92.8 Å². The Morgan fingerprint density at radius 1 is 1.47 bits per heavy atom. The summed E-state index contributed by atoms with van der Waals surface area (Å²) in [6.45, 7) is 1.93. The summed E-state index contributed by atoms with van der Waals surface area (Å²) in [5.41, 5.74) is 7.32. The summed E-state index contributed by atoms with van der Waals surface area (Å²) in [4.78, 5) is 8.52. The zero-order valence-electron chi connectivity index (χ0n) is 8.19. The van der Waals surface area contributed by atoms with Gasteiger partial charge < -0.3 is 16.4 Å². The van der Waals surface area contributed by atoms with Gasteiger partial charge >= 0.3 is 0 Å². The molecule has 2 heterocycles. The molecule has 0 amide bonds. The predicted octanol–water partition coefficient (Wildman–Crippen LogP) is 0.181. The quantitative estimate of drug-likeness (QED) is 0.590. The molecule has 0 aromatic carbocycles. The van der Waals surface area contributed by atoms with Crippen LogP contribution in [0.25, 0.3) is 0 Å². The van der Waals surface area contributed by atoms with Crippen molar-refractivity contribution in [3.05, 3.63) is 29.6 Å². The van der Waals surface area contributed by atoms with Crippen molar-refractivity contribution >= 4 is 23.3 Å². The van der Waals surface area contributed by atoms with Crippen LogP contribution in [0.4, 0.5) is 0 Å². The van der Waals surface area contributed by atoms with Gasteiger partial charge in [-0.2, -0.15) is 0 Å². The van der Waals surface area contributed by atoms with Crippen LogP contribution >= 0.6 is 12.2 Å². The van der Waals surface area contributed by atoms with E-state index in [0.29, 0.717) is 11.1 Å². The first-order valence-electron chi connectivity index (χ1n) is 4.49. The number of hydrogen-bond donors (Lipinski definition) is 3. The summed E-state index contributed by atoms with van der Waals surface area (Å²) in [7, 11) is 0. The lowest BCUT2D eigenvalue weighted by molar-refractivity contribution is 0.638. The third-order valence-corrected chi connectivity index (χ3v) is 2.19. The number of aryl methyl sites for hydroxylation is 1. The second-order valence-electron chi connectivity index (χ2n) is 3.22. The SMILES string of the molecule is Cc1cccc([C@H]2N=C(N)NC(=S)N2)n1. The molecule has 0 aliphatic carbocycles. The average molecular weight is 221 g/mol. The van der Waals surface area contributed by atoms with E-state index >= 15 is 0 Å². The van der Waals surface area contributed by atoms with Crippen LogP contribution in [0.15, 0.2) is 23.2 Å². The molecule has 0 unspecified atom stereocenters. The fourth-order valence-electron chi connectivity index (χ4n) is 1.34. The number of nitrogens with one attached hydrogen (secondary N) is 2. The van der Waals surface area contributed by atoms with Crippen molar-refractivity contribution in [2.24, 2.45) is 10.7 Å². The molecular weight excluding hydrogens is 210 g/mol.